The predicted molar refractivity (Wildman–Crippen MR) is 112 cm³/mol. The van der Waals surface area contributed by atoms with E-state index in [0.717, 1.165) is 23.8 Å². The third-order valence-electron chi connectivity index (χ3n) is 4.48. The van der Waals surface area contributed by atoms with E-state index in [9.17, 15) is 18.4 Å². The maximum absolute atomic E-state index is 14.0. The van der Waals surface area contributed by atoms with Crippen molar-refractivity contribution < 1.29 is 27.8 Å². The van der Waals surface area contributed by atoms with Gasteiger partial charge in [0.15, 0.2) is 11.6 Å². The number of carbonyl (C=O) groups is 2. The third kappa shape index (κ3) is 5.38. The lowest BCUT2D eigenvalue weighted by molar-refractivity contribution is 0.0600. The molecule has 0 aliphatic heterocycles. The second kappa shape index (κ2) is 9.57. The van der Waals surface area contributed by atoms with Crippen molar-refractivity contribution in [3.63, 3.8) is 0 Å². The number of halogens is 3. The van der Waals surface area contributed by atoms with Gasteiger partial charge in [-0.15, -0.1) is 0 Å². The normalized spacial score (nSPS) is 11.5. The Hall–Kier alpha value is -3.45. The van der Waals surface area contributed by atoms with Crippen LogP contribution in [0.2, 0.25) is 5.02 Å². The second-order valence-electron chi connectivity index (χ2n) is 6.63. The van der Waals surface area contributed by atoms with E-state index < -0.39 is 29.6 Å². The summed E-state index contributed by atoms with van der Waals surface area (Å²) in [6, 6.07) is 13.1. The summed E-state index contributed by atoms with van der Waals surface area (Å²) in [5, 5.41) is 3.06. The number of benzene rings is 3. The highest BCUT2D eigenvalue weighted by Crippen LogP contribution is 2.30. The molecule has 1 amide bonds. The van der Waals surface area contributed by atoms with Gasteiger partial charge in [0.2, 0.25) is 0 Å². The van der Waals surface area contributed by atoms with Crippen molar-refractivity contribution in [2.45, 2.75) is 13.0 Å². The van der Waals surface area contributed by atoms with Crippen LogP contribution in [0.15, 0.2) is 60.7 Å². The Bertz CT molecular complexity index is 1120. The molecule has 3 aromatic carbocycles. The number of nitrogens with one attached hydrogen (secondary N) is 1. The fraction of sp³-hybridized carbons (Fsp3) is 0.130. The molecule has 8 heteroatoms. The molecule has 0 heterocycles. The summed E-state index contributed by atoms with van der Waals surface area (Å²) in [5.41, 5.74) is 1.17. The minimum absolute atomic E-state index is 0.0136. The summed E-state index contributed by atoms with van der Waals surface area (Å²) in [7, 11) is 1.29. The van der Waals surface area contributed by atoms with E-state index in [1.54, 1.807) is 31.2 Å². The molecule has 1 atom stereocenters. The average Bonchev–Trinajstić information content (AvgIpc) is 2.76. The average molecular weight is 446 g/mol. The van der Waals surface area contributed by atoms with Gasteiger partial charge < -0.3 is 14.8 Å². The molecule has 0 saturated heterocycles. The fourth-order valence-electron chi connectivity index (χ4n) is 2.83. The molecule has 160 valence electrons. The zero-order chi connectivity index (χ0) is 22.5. The summed E-state index contributed by atoms with van der Waals surface area (Å²) in [5.74, 6) is -2.79. The number of methoxy groups -OCH3 is 1. The molecule has 1 N–H and O–H groups in total. The van der Waals surface area contributed by atoms with E-state index in [1.807, 2.05) is 0 Å². The lowest BCUT2D eigenvalue weighted by Crippen LogP contribution is -2.27. The van der Waals surface area contributed by atoms with Crippen molar-refractivity contribution in [1.82, 2.24) is 5.32 Å². The maximum atomic E-state index is 14.0. The van der Waals surface area contributed by atoms with E-state index in [4.69, 9.17) is 16.3 Å². The van der Waals surface area contributed by atoms with Crippen molar-refractivity contribution in [3.05, 3.63) is 94.0 Å². The Morgan fingerprint density at radius 2 is 1.68 bits per heavy atom. The van der Waals surface area contributed by atoms with Crippen LogP contribution in [-0.4, -0.2) is 19.0 Å². The second-order valence-corrected chi connectivity index (χ2v) is 7.06. The van der Waals surface area contributed by atoms with Crippen molar-refractivity contribution in [1.29, 1.82) is 0 Å². The molecule has 0 aliphatic rings. The minimum atomic E-state index is -0.776. The molecule has 3 rings (SSSR count). The first-order valence-electron chi connectivity index (χ1n) is 9.20. The lowest BCUT2D eigenvalue weighted by Gasteiger charge is -2.17. The predicted octanol–water partition coefficient (Wildman–Crippen LogP) is 5.69. The number of hydrogen-bond acceptors (Lipinski definition) is 4. The third-order valence-corrected chi connectivity index (χ3v) is 4.71. The van der Waals surface area contributed by atoms with Gasteiger partial charge in [0.1, 0.15) is 11.6 Å². The molecule has 5 nitrogen and oxygen atoms in total. The number of carbonyl (C=O) groups excluding carboxylic acids is 2. The number of hydrogen-bond donors (Lipinski definition) is 1. The largest absolute Gasteiger partial charge is 0.465 e. The number of esters is 1. The molecule has 0 aliphatic carbocycles. The number of ether oxygens (including phenoxy) is 2. The Labute approximate surface area is 182 Å². The number of rotatable bonds is 6. The van der Waals surface area contributed by atoms with Gasteiger partial charge in [0, 0.05) is 11.1 Å². The molecule has 31 heavy (non-hydrogen) atoms. The maximum Gasteiger partial charge on any atom is 0.337 e. The molecule has 0 fully saturated rings. The summed E-state index contributed by atoms with van der Waals surface area (Å²) < 4.78 is 37.5. The van der Waals surface area contributed by atoms with Gasteiger partial charge in [-0.3, -0.25) is 4.79 Å². The standard InChI is InChI=1S/C23H18ClF2NO4/c1-13(14-3-5-15(6-4-14)23(29)30-2)27-22(28)18-11-16(24)7-10-20(18)31-21-12-17(25)8-9-19(21)26/h3-13H,1-2H3,(H,27,28)/t13-/m0/s1. The molecular formula is C23H18ClF2NO4. The SMILES string of the molecule is COC(=O)c1ccc([C@H](C)NC(=O)c2cc(Cl)ccc2Oc2cc(F)ccc2F)cc1. The van der Waals surface area contributed by atoms with E-state index in [0.29, 0.717) is 5.56 Å². The molecule has 0 radical (unpaired) electrons. The monoisotopic (exact) mass is 445 g/mol. The molecule has 0 saturated carbocycles. The van der Waals surface area contributed by atoms with Crippen LogP contribution in [0.1, 0.15) is 39.2 Å². The van der Waals surface area contributed by atoms with Crippen molar-refractivity contribution in [2.24, 2.45) is 0 Å². The summed E-state index contributed by atoms with van der Waals surface area (Å²) in [6.45, 7) is 1.75. The van der Waals surface area contributed by atoms with Crippen LogP contribution in [0.25, 0.3) is 0 Å². The van der Waals surface area contributed by atoms with E-state index in [1.165, 1.54) is 25.3 Å². The first-order valence-corrected chi connectivity index (χ1v) is 9.58. The Kier molecular flexibility index (Phi) is 6.87. The van der Waals surface area contributed by atoms with Gasteiger partial charge in [-0.1, -0.05) is 23.7 Å². The lowest BCUT2D eigenvalue weighted by atomic mass is 10.1. The summed E-state index contributed by atoms with van der Waals surface area (Å²) in [4.78, 5) is 24.4. The van der Waals surface area contributed by atoms with Crippen LogP contribution in [-0.2, 0) is 4.74 Å². The summed E-state index contributed by atoms with van der Waals surface area (Å²) in [6.07, 6.45) is 0. The molecule has 0 bridgehead atoms. The van der Waals surface area contributed by atoms with Crippen LogP contribution >= 0.6 is 11.6 Å². The van der Waals surface area contributed by atoms with Gasteiger partial charge in [0.25, 0.3) is 5.91 Å². The Morgan fingerprint density at radius 1 is 0.968 bits per heavy atom. The molecule has 0 aromatic heterocycles. The first kappa shape index (κ1) is 22.2. The summed E-state index contributed by atoms with van der Waals surface area (Å²) >= 11 is 6.02. The van der Waals surface area contributed by atoms with Crippen LogP contribution in [0.4, 0.5) is 8.78 Å². The molecule has 0 spiro atoms. The van der Waals surface area contributed by atoms with Crippen molar-refractivity contribution >= 4 is 23.5 Å². The van der Waals surface area contributed by atoms with E-state index >= 15 is 0 Å². The van der Waals surface area contributed by atoms with Gasteiger partial charge in [-0.05, 0) is 55.0 Å². The van der Waals surface area contributed by atoms with Crippen LogP contribution in [0, 0.1) is 11.6 Å². The molecule has 0 unspecified atom stereocenters. The number of amides is 1. The zero-order valence-corrected chi connectivity index (χ0v) is 17.4. The molecular weight excluding hydrogens is 428 g/mol. The van der Waals surface area contributed by atoms with Crippen LogP contribution in [0.3, 0.4) is 0 Å². The Balaban J connectivity index is 1.81. The van der Waals surface area contributed by atoms with Crippen molar-refractivity contribution in [2.75, 3.05) is 7.11 Å². The van der Waals surface area contributed by atoms with Crippen molar-refractivity contribution in [3.8, 4) is 11.5 Å². The van der Waals surface area contributed by atoms with Gasteiger partial charge >= 0.3 is 5.97 Å². The molecule has 3 aromatic rings. The van der Waals surface area contributed by atoms with E-state index in [2.05, 4.69) is 10.1 Å². The minimum Gasteiger partial charge on any atom is -0.465 e. The highest BCUT2D eigenvalue weighted by atomic mass is 35.5. The van der Waals surface area contributed by atoms with Crippen LogP contribution in [0.5, 0.6) is 11.5 Å². The van der Waals surface area contributed by atoms with Gasteiger partial charge in [-0.25, -0.2) is 13.6 Å². The highest BCUT2D eigenvalue weighted by molar-refractivity contribution is 6.31. The topological polar surface area (TPSA) is 64.6 Å². The highest BCUT2D eigenvalue weighted by Gasteiger charge is 2.19. The Morgan fingerprint density at radius 3 is 2.35 bits per heavy atom. The van der Waals surface area contributed by atoms with Gasteiger partial charge in [0.05, 0.1) is 24.3 Å². The smallest absolute Gasteiger partial charge is 0.337 e. The quantitative estimate of drug-likeness (QED) is 0.495. The van der Waals surface area contributed by atoms with Crippen LogP contribution < -0.4 is 10.1 Å². The van der Waals surface area contributed by atoms with Gasteiger partial charge in [-0.2, -0.15) is 0 Å². The van der Waals surface area contributed by atoms with E-state index in [-0.39, 0.29) is 22.1 Å². The fourth-order valence-corrected chi connectivity index (χ4v) is 3.00. The zero-order valence-electron chi connectivity index (χ0n) is 16.6. The first-order chi connectivity index (χ1) is 14.8.